The van der Waals surface area contributed by atoms with E-state index in [1.165, 1.54) is 18.4 Å². The topological polar surface area (TPSA) is 27.0 Å². The van der Waals surface area contributed by atoms with E-state index >= 15 is 0 Å². The minimum atomic E-state index is -0.0666. The Labute approximate surface area is 104 Å². The molecule has 90 valence electrons. The maximum absolute atomic E-state index is 9.38. The predicted octanol–water partition coefficient (Wildman–Crippen LogP) is 3.29. The van der Waals surface area contributed by atoms with Gasteiger partial charge in [0.2, 0.25) is 0 Å². The maximum atomic E-state index is 9.38. The number of hydrogen-bond acceptors (Lipinski definition) is 2. The van der Waals surface area contributed by atoms with Crippen molar-refractivity contribution in [1.82, 2.24) is 4.90 Å². The zero-order valence-corrected chi connectivity index (χ0v) is 10.7. The average molecular weight is 228 g/mol. The minimum Gasteiger partial charge on any atom is -0.284 e. The largest absolute Gasteiger partial charge is 0.284 e. The first-order valence-corrected chi connectivity index (χ1v) is 6.41. The first kappa shape index (κ1) is 12.1. The van der Waals surface area contributed by atoms with Crippen LogP contribution in [0.3, 0.4) is 0 Å². The second-order valence-electron chi connectivity index (χ2n) is 5.16. The second-order valence-corrected chi connectivity index (χ2v) is 5.16. The molecule has 1 unspecified atom stereocenters. The Morgan fingerprint density at radius 1 is 1.24 bits per heavy atom. The van der Waals surface area contributed by atoms with Crippen molar-refractivity contribution >= 4 is 0 Å². The van der Waals surface area contributed by atoms with E-state index in [0.717, 1.165) is 24.6 Å². The molecular weight excluding hydrogens is 208 g/mol. The SMILES string of the molecule is Cc1ccc(C(C#N)N2CCC(C)CC2)cc1. The van der Waals surface area contributed by atoms with Crippen LogP contribution in [0.5, 0.6) is 0 Å². The molecule has 2 rings (SSSR count). The van der Waals surface area contributed by atoms with Gasteiger partial charge in [-0.05, 0) is 44.3 Å². The molecule has 1 aromatic carbocycles. The van der Waals surface area contributed by atoms with Crippen molar-refractivity contribution in [2.75, 3.05) is 13.1 Å². The standard InChI is InChI=1S/C15H20N2/c1-12-3-5-14(6-4-12)15(11-16)17-9-7-13(2)8-10-17/h3-6,13,15H,7-10H2,1-2H3. The summed E-state index contributed by atoms with van der Waals surface area (Å²) >= 11 is 0. The molecule has 0 aliphatic carbocycles. The fourth-order valence-electron chi connectivity index (χ4n) is 2.40. The van der Waals surface area contributed by atoms with Gasteiger partial charge in [-0.2, -0.15) is 5.26 Å². The van der Waals surface area contributed by atoms with Gasteiger partial charge in [-0.15, -0.1) is 0 Å². The summed E-state index contributed by atoms with van der Waals surface area (Å²) in [7, 11) is 0. The third kappa shape index (κ3) is 2.87. The molecule has 0 bridgehead atoms. The molecule has 1 aliphatic rings. The van der Waals surface area contributed by atoms with Crippen molar-refractivity contribution in [1.29, 1.82) is 5.26 Å². The monoisotopic (exact) mass is 228 g/mol. The van der Waals surface area contributed by atoms with E-state index in [9.17, 15) is 5.26 Å². The Hall–Kier alpha value is -1.33. The molecule has 1 aromatic rings. The van der Waals surface area contributed by atoms with Gasteiger partial charge in [0.15, 0.2) is 0 Å². The summed E-state index contributed by atoms with van der Waals surface area (Å²) in [6.07, 6.45) is 2.42. The van der Waals surface area contributed by atoms with E-state index in [1.54, 1.807) is 0 Å². The molecule has 1 atom stereocenters. The van der Waals surface area contributed by atoms with Crippen LogP contribution in [0.2, 0.25) is 0 Å². The minimum absolute atomic E-state index is 0.0666. The van der Waals surface area contributed by atoms with E-state index in [0.29, 0.717) is 0 Å². The predicted molar refractivity (Wildman–Crippen MR) is 69.5 cm³/mol. The number of benzene rings is 1. The summed E-state index contributed by atoms with van der Waals surface area (Å²) < 4.78 is 0. The molecule has 2 nitrogen and oxygen atoms in total. The first-order valence-electron chi connectivity index (χ1n) is 6.41. The Morgan fingerprint density at radius 3 is 2.35 bits per heavy atom. The molecule has 1 heterocycles. The van der Waals surface area contributed by atoms with Crippen molar-refractivity contribution in [3.63, 3.8) is 0 Å². The fourth-order valence-corrected chi connectivity index (χ4v) is 2.40. The maximum Gasteiger partial charge on any atom is 0.123 e. The normalized spacial score (nSPS) is 19.8. The van der Waals surface area contributed by atoms with Crippen LogP contribution in [0, 0.1) is 24.2 Å². The van der Waals surface area contributed by atoms with E-state index in [4.69, 9.17) is 0 Å². The molecule has 17 heavy (non-hydrogen) atoms. The third-order valence-electron chi connectivity index (χ3n) is 3.70. The van der Waals surface area contributed by atoms with E-state index in [1.807, 2.05) is 0 Å². The Bertz CT molecular complexity index is 394. The molecule has 0 spiro atoms. The summed E-state index contributed by atoms with van der Waals surface area (Å²) in [4.78, 5) is 2.31. The Morgan fingerprint density at radius 2 is 1.82 bits per heavy atom. The highest BCUT2D eigenvalue weighted by Crippen LogP contribution is 2.26. The summed E-state index contributed by atoms with van der Waals surface area (Å²) in [5.74, 6) is 0.809. The number of hydrogen-bond donors (Lipinski definition) is 0. The fraction of sp³-hybridized carbons (Fsp3) is 0.533. The number of piperidine rings is 1. The van der Waals surface area contributed by atoms with Gasteiger partial charge in [-0.3, -0.25) is 4.90 Å². The molecule has 2 heteroatoms. The van der Waals surface area contributed by atoms with Crippen LogP contribution in [0.25, 0.3) is 0 Å². The van der Waals surface area contributed by atoms with Crippen molar-refractivity contribution < 1.29 is 0 Å². The van der Waals surface area contributed by atoms with Crippen LogP contribution in [0.4, 0.5) is 0 Å². The van der Waals surface area contributed by atoms with Gasteiger partial charge >= 0.3 is 0 Å². The highest BCUT2D eigenvalue weighted by atomic mass is 15.2. The zero-order chi connectivity index (χ0) is 12.3. The van der Waals surface area contributed by atoms with Crippen molar-refractivity contribution in [3.8, 4) is 6.07 Å². The lowest BCUT2D eigenvalue weighted by Gasteiger charge is -2.33. The van der Waals surface area contributed by atoms with Crippen LogP contribution in [-0.2, 0) is 0 Å². The van der Waals surface area contributed by atoms with Crippen molar-refractivity contribution in [2.24, 2.45) is 5.92 Å². The number of nitriles is 1. The van der Waals surface area contributed by atoms with Gasteiger partial charge in [0.1, 0.15) is 6.04 Å². The molecule has 0 saturated carbocycles. The van der Waals surface area contributed by atoms with Crippen LogP contribution in [0.15, 0.2) is 24.3 Å². The number of aryl methyl sites for hydroxylation is 1. The van der Waals surface area contributed by atoms with Crippen LogP contribution >= 0.6 is 0 Å². The van der Waals surface area contributed by atoms with E-state index in [2.05, 4.69) is 49.1 Å². The number of nitrogens with zero attached hydrogens (tertiary/aromatic N) is 2. The van der Waals surface area contributed by atoms with E-state index < -0.39 is 0 Å². The lowest BCUT2D eigenvalue weighted by molar-refractivity contribution is 0.165. The van der Waals surface area contributed by atoms with Gasteiger partial charge in [0.05, 0.1) is 6.07 Å². The van der Waals surface area contributed by atoms with Gasteiger partial charge < -0.3 is 0 Å². The highest BCUT2D eigenvalue weighted by Gasteiger charge is 2.24. The first-order chi connectivity index (χ1) is 8.20. The van der Waals surface area contributed by atoms with Crippen molar-refractivity contribution in [3.05, 3.63) is 35.4 Å². The number of rotatable bonds is 2. The summed E-state index contributed by atoms with van der Waals surface area (Å²) in [5, 5.41) is 9.38. The van der Waals surface area contributed by atoms with Crippen LogP contribution < -0.4 is 0 Å². The Kier molecular flexibility index (Phi) is 3.81. The number of likely N-dealkylation sites (tertiary alicyclic amines) is 1. The summed E-state index contributed by atoms with van der Waals surface area (Å²) in [5.41, 5.74) is 2.38. The van der Waals surface area contributed by atoms with Gasteiger partial charge in [0, 0.05) is 0 Å². The lowest BCUT2D eigenvalue weighted by Crippen LogP contribution is -2.35. The second kappa shape index (κ2) is 5.33. The smallest absolute Gasteiger partial charge is 0.123 e. The van der Waals surface area contributed by atoms with Gasteiger partial charge in [-0.25, -0.2) is 0 Å². The van der Waals surface area contributed by atoms with Crippen molar-refractivity contribution in [2.45, 2.75) is 32.7 Å². The quantitative estimate of drug-likeness (QED) is 0.776. The van der Waals surface area contributed by atoms with Crippen LogP contribution in [0.1, 0.15) is 36.9 Å². The molecule has 0 radical (unpaired) electrons. The molecule has 0 aromatic heterocycles. The highest BCUT2D eigenvalue weighted by molar-refractivity contribution is 5.27. The zero-order valence-electron chi connectivity index (χ0n) is 10.7. The average Bonchev–Trinajstić information content (AvgIpc) is 2.35. The molecule has 1 fully saturated rings. The summed E-state index contributed by atoms with van der Waals surface area (Å²) in [6.45, 7) is 6.47. The molecule has 1 aliphatic heterocycles. The molecular formula is C15H20N2. The molecule has 0 amide bonds. The van der Waals surface area contributed by atoms with Crippen LogP contribution in [-0.4, -0.2) is 18.0 Å². The van der Waals surface area contributed by atoms with E-state index in [-0.39, 0.29) is 6.04 Å². The van der Waals surface area contributed by atoms with Gasteiger partial charge in [-0.1, -0.05) is 36.8 Å². The summed E-state index contributed by atoms with van der Waals surface area (Å²) in [6, 6.07) is 10.7. The third-order valence-corrected chi connectivity index (χ3v) is 3.70. The van der Waals surface area contributed by atoms with Gasteiger partial charge in [0.25, 0.3) is 0 Å². The molecule has 0 N–H and O–H groups in total. The lowest BCUT2D eigenvalue weighted by atomic mass is 9.96. The molecule has 1 saturated heterocycles. The Balaban J connectivity index is 2.11.